The molecule has 0 saturated carbocycles. The summed E-state index contributed by atoms with van der Waals surface area (Å²) in [7, 11) is 1.81. The zero-order chi connectivity index (χ0) is 12.0. The second-order valence-electron chi connectivity index (χ2n) is 3.51. The minimum absolute atomic E-state index is 0.0399. The highest BCUT2D eigenvalue weighted by molar-refractivity contribution is 5.91. The molecule has 5 nitrogen and oxygen atoms in total. The van der Waals surface area contributed by atoms with Crippen molar-refractivity contribution < 1.29 is 9.90 Å². The van der Waals surface area contributed by atoms with E-state index in [-0.39, 0.29) is 18.6 Å². The lowest BCUT2D eigenvalue weighted by atomic mass is 10.2. The largest absolute Gasteiger partial charge is 0.394 e. The lowest BCUT2D eigenvalue weighted by Gasteiger charge is -2.11. The van der Waals surface area contributed by atoms with Crippen LogP contribution >= 0.6 is 0 Å². The third-order valence-electron chi connectivity index (χ3n) is 2.32. The van der Waals surface area contributed by atoms with Crippen molar-refractivity contribution in [3.8, 4) is 0 Å². The normalized spacial score (nSPS) is 12.9. The predicted octanol–water partition coefficient (Wildman–Crippen LogP) is 0.320. The zero-order valence-corrected chi connectivity index (χ0v) is 9.55. The first-order valence-corrected chi connectivity index (χ1v) is 5.24. The summed E-state index contributed by atoms with van der Waals surface area (Å²) in [5.74, 6) is -0.206. The topological polar surface area (TPSA) is 67.2 Å². The molecule has 0 aliphatic carbocycles. The van der Waals surface area contributed by atoms with Gasteiger partial charge in [-0.3, -0.25) is 9.48 Å². The van der Waals surface area contributed by atoms with Crippen LogP contribution in [-0.2, 0) is 11.8 Å². The maximum Gasteiger partial charge on any atom is 0.244 e. The van der Waals surface area contributed by atoms with Crippen LogP contribution in [0.25, 0.3) is 6.08 Å². The van der Waals surface area contributed by atoms with Crippen molar-refractivity contribution >= 4 is 12.0 Å². The lowest BCUT2D eigenvalue weighted by Crippen LogP contribution is -2.35. The molecule has 88 valence electrons. The number of aliphatic hydroxyl groups excluding tert-OH is 1. The standard InChI is InChI=1S/C11H17N3O2/c1-3-9(8-15)13-11(16)5-4-10-6-7-12-14(10)2/h4-7,9,15H,3,8H2,1-2H3,(H,13,16)/b5-4+/t9-/m0/s1. The first-order valence-electron chi connectivity index (χ1n) is 5.24. The first kappa shape index (κ1) is 12.4. The van der Waals surface area contributed by atoms with Gasteiger partial charge in [-0.15, -0.1) is 0 Å². The van der Waals surface area contributed by atoms with E-state index in [9.17, 15) is 4.79 Å². The molecule has 0 unspecified atom stereocenters. The van der Waals surface area contributed by atoms with Crippen LogP contribution in [0.15, 0.2) is 18.3 Å². The fourth-order valence-corrected chi connectivity index (χ4v) is 1.23. The Balaban J connectivity index is 2.51. The van der Waals surface area contributed by atoms with Gasteiger partial charge >= 0.3 is 0 Å². The summed E-state index contributed by atoms with van der Waals surface area (Å²) in [6.07, 6.45) is 5.50. The molecule has 2 N–H and O–H groups in total. The average molecular weight is 223 g/mol. The van der Waals surface area contributed by atoms with Crippen LogP contribution in [0.4, 0.5) is 0 Å². The van der Waals surface area contributed by atoms with Crippen LogP contribution < -0.4 is 5.32 Å². The molecule has 1 heterocycles. The van der Waals surface area contributed by atoms with Gasteiger partial charge in [0, 0.05) is 19.3 Å². The Morgan fingerprint density at radius 1 is 1.75 bits per heavy atom. The van der Waals surface area contributed by atoms with Crippen LogP contribution in [0, 0.1) is 0 Å². The van der Waals surface area contributed by atoms with Crippen LogP contribution in [-0.4, -0.2) is 33.4 Å². The highest BCUT2D eigenvalue weighted by Gasteiger charge is 2.06. The highest BCUT2D eigenvalue weighted by Crippen LogP contribution is 1.99. The second kappa shape index (κ2) is 6.07. The molecule has 0 fully saturated rings. The van der Waals surface area contributed by atoms with Gasteiger partial charge in [0.2, 0.25) is 5.91 Å². The van der Waals surface area contributed by atoms with Crippen molar-refractivity contribution in [2.45, 2.75) is 19.4 Å². The zero-order valence-electron chi connectivity index (χ0n) is 9.55. The average Bonchev–Trinajstić information content (AvgIpc) is 2.69. The van der Waals surface area contributed by atoms with Crippen molar-refractivity contribution in [3.05, 3.63) is 24.0 Å². The number of aryl methyl sites for hydroxylation is 1. The summed E-state index contributed by atoms with van der Waals surface area (Å²) in [5, 5.41) is 15.6. The predicted molar refractivity (Wildman–Crippen MR) is 61.5 cm³/mol. The second-order valence-corrected chi connectivity index (χ2v) is 3.51. The van der Waals surface area contributed by atoms with Gasteiger partial charge in [-0.2, -0.15) is 5.10 Å². The highest BCUT2D eigenvalue weighted by atomic mass is 16.3. The summed E-state index contributed by atoms with van der Waals surface area (Å²) in [5.41, 5.74) is 0.854. The number of nitrogens with zero attached hydrogens (tertiary/aromatic N) is 2. The molecule has 0 aliphatic rings. The molecule has 1 rings (SSSR count). The Labute approximate surface area is 94.8 Å². The minimum atomic E-state index is -0.206. The molecule has 0 spiro atoms. The fourth-order valence-electron chi connectivity index (χ4n) is 1.23. The van der Waals surface area contributed by atoms with Crippen molar-refractivity contribution in [2.75, 3.05) is 6.61 Å². The summed E-state index contributed by atoms with van der Waals surface area (Å²) in [4.78, 5) is 11.4. The van der Waals surface area contributed by atoms with Gasteiger partial charge in [-0.1, -0.05) is 6.92 Å². The van der Waals surface area contributed by atoms with E-state index in [1.807, 2.05) is 13.0 Å². The van der Waals surface area contributed by atoms with E-state index in [4.69, 9.17) is 5.11 Å². The van der Waals surface area contributed by atoms with E-state index >= 15 is 0 Å². The van der Waals surface area contributed by atoms with Gasteiger partial charge in [-0.25, -0.2) is 0 Å². The fraction of sp³-hybridized carbons (Fsp3) is 0.455. The molecule has 0 radical (unpaired) electrons. The van der Waals surface area contributed by atoms with E-state index in [0.29, 0.717) is 6.42 Å². The molecule has 0 aromatic carbocycles. The summed E-state index contributed by atoms with van der Waals surface area (Å²) < 4.78 is 1.67. The molecule has 1 aromatic heterocycles. The molecule has 0 bridgehead atoms. The minimum Gasteiger partial charge on any atom is -0.394 e. The quantitative estimate of drug-likeness (QED) is 0.706. The number of amides is 1. The van der Waals surface area contributed by atoms with Gasteiger partial charge in [0.15, 0.2) is 0 Å². The van der Waals surface area contributed by atoms with E-state index in [1.165, 1.54) is 6.08 Å². The summed E-state index contributed by atoms with van der Waals surface area (Å²) >= 11 is 0. The van der Waals surface area contributed by atoms with Crippen LogP contribution in [0.5, 0.6) is 0 Å². The van der Waals surface area contributed by atoms with E-state index < -0.39 is 0 Å². The van der Waals surface area contributed by atoms with E-state index in [1.54, 1.807) is 24.0 Å². The van der Waals surface area contributed by atoms with Crippen molar-refractivity contribution in [3.63, 3.8) is 0 Å². The molecule has 1 atom stereocenters. The molecule has 16 heavy (non-hydrogen) atoms. The first-order chi connectivity index (χ1) is 7.67. The molecule has 0 saturated heterocycles. The van der Waals surface area contributed by atoms with Crippen LogP contribution in [0.3, 0.4) is 0 Å². The SMILES string of the molecule is CC[C@@H](CO)NC(=O)/C=C/c1ccnn1C. The third-order valence-corrected chi connectivity index (χ3v) is 2.32. The Hall–Kier alpha value is -1.62. The Bertz CT molecular complexity index is 367. The summed E-state index contributed by atoms with van der Waals surface area (Å²) in [6, 6.07) is 1.64. The Morgan fingerprint density at radius 3 is 3.00 bits per heavy atom. The number of hydrogen-bond donors (Lipinski definition) is 2. The van der Waals surface area contributed by atoms with Crippen LogP contribution in [0.1, 0.15) is 19.0 Å². The number of nitrogens with one attached hydrogen (secondary N) is 1. The molecule has 1 aromatic rings. The van der Waals surface area contributed by atoms with Gasteiger partial charge in [-0.05, 0) is 18.6 Å². The molecule has 0 aliphatic heterocycles. The number of aliphatic hydroxyl groups is 1. The number of carbonyl (C=O) groups excluding carboxylic acids is 1. The number of carbonyl (C=O) groups is 1. The Morgan fingerprint density at radius 2 is 2.50 bits per heavy atom. The van der Waals surface area contributed by atoms with Crippen molar-refractivity contribution in [1.82, 2.24) is 15.1 Å². The maximum atomic E-state index is 11.4. The van der Waals surface area contributed by atoms with E-state index in [2.05, 4.69) is 10.4 Å². The molecular formula is C11H17N3O2. The van der Waals surface area contributed by atoms with Crippen LogP contribution in [0.2, 0.25) is 0 Å². The molecule has 5 heteroatoms. The molecular weight excluding hydrogens is 206 g/mol. The maximum absolute atomic E-state index is 11.4. The smallest absolute Gasteiger partial charge is 0.244 e. The number of rotatable bonds is 5. The van der Waals surface area contributed by atoms with E-state index in [0.717, 1.165) is 5.69 Å². The van der Waals surface area contributed by atoms with Gasteiger partial charge in [0.25, 0.3) is 0 Å². The van der Waals surface area contributed by atoms with Gasteiger partial charge in [0.05, 0.1) is 18.3 Å². The lowest BCUT2D eigenvalue weighted by molar-refractivity contribution is -0.117. The summed E-state index contributed by atoms with van der Waals surface area (Å²) in [6.45, 7) is 1.87. The van der Waals surface area contributed by atoms with Gasteiger partial charge < -0.3 is 10.4 Å². The monoisotopic (exact) mass is 223 g/mol. The molecule has 1 amide bonds. The van der Waals surface area contributed by atoms with Crippen molar-refractivity contribution in [2.24, 2.45) is 7.05 Å². The van der Waals surface area contributed by atoms with Gasteiger partial charge in [0.1, 0.15) is 0 Å². The third kappa shape index (κ3) is 3.51. The Kier molecular flexibility index (Phi) is 4.72. The number of aromatic nitrogens is 2. The van der Waals surface area contributed by atoms with Crippen molar-refractivity contribution in [1.29, 1.82) is 0 Å². The number of hydrogen-bond acceptors (Lipinski definition) is 3.